The molecular formula is C70H13NO2. The number of hydrogen-bond acceptors (Lipinski definition) is 3. The molecule has 35 rings (SSSR count). The molecule has 73 heavy (non-hydrogen) atoms. The van der Waals surface area contributed by atoms with Crippen molar-refractivity contribution in [3.05, 3.63) is 57.1 Å². The number of ether oxygens (including phenoxy) is 1. The highest BCUT2D eigenvalue weighted by atomic mass is 16.5. The molecule has 5 atom stereocenters. The smallest absolute Gasteiger partial charge is 0.159 e. The number of rotatable bonds is 0. The Morgan fingerprint density at radius 3 is 1.14 bits per heavy atom. The molecule has 3 nitrogen and oxygen atoms in total. The van der Waals surface area contributed by atoms with Crippen molar-refractivity contribution in [3.63, 3.8) is 0 Å². The second-order valence-electron chi connectivity index (χ2n) is 27.6. The van der Waals surface area contributed by atoms with Gasteiger partial charge in [-0.2, -0.15) is 0 Å². The van der Waals surface area contributed by atoms with Gasteiger partial charge in [0.2, 0.25) is 0 Å². The third-order valence-corrected chi connectivity index (χ3v) is 27.8. The van der Waals surface area contributed by atoms with Crippen molar-refractivity contribution in [1.82, 2.24) is 4.90 Å². The molecule has 0 amide bonds. The highest BCUT2D eigenvalue weighted by Crippen LogP contribution is 2.93. The van der Waals surface area contributed by atoms with E-state index in [-0.39, 0.29) is 5.92 Å². The number of nitrogens with zero attached hydrogens (tertiary/aromatic N) is 1. The topological polar surface area (TPSA) is 32.7 Å². The Labute approximate surface area is 399 Å². The Hall–Kier alpha value is -8.50. The maximum absolute atomic E-state index is 13.0. The number of likely N-dealkylation sites (N-methyl/N-ethyl adjacent to an activating group) is 1. The van der Waals surface area contributed by atoms with Crippen molar-refractivity contribution < 1.29 is 9.84 Å². The zero-order valence-corrected chi connectivity index (χ0v) is 37.8. The van der Waals surface area contributed by atoms with E-state index < -0.39 is 22.0 Å². The van der Waals surface area contributed by atoms with Gasteiger partial charge in [-0.3, -0.25) is 4.90 Å². The van der Waals surface area contributed by atoms with E-state index >= 15 is 0 Å². The average molecular weight is 900 g/mol. The van der Waals surface area contributed by atoms with Crippen molar-refractivity contribution in [1.29, 1.82) is 0 Å². The third kappa shape index (κ3) is 1.38. The van der Waals surface area contributed by atoms with Crippen LogP contribution in [0.4, 0.5) is 0 Å². The zero-order chi connectivity index (χ0) is 43.8. The summed E-state index contributed by atoms with van der Waals surface area (Å²) in [6, 6.07) is 6.36. The lowest BCUT2D eigenvalue weighted by molar-refractivity contribution is -0.118. The van der Waals surface area contributed by atoms with Crippen LogP contribution in [0.1, 0.15) is 51.8 Å². The SMILES string of the molecule is CN1CC23c4c5c6c7c8c9c%10c%11c%12c(c%13c%14c2c2c4c4c6c6c%15c7c7c9c9c%10c%10c%12c%12c%13c%13c%14c%14c2c2c4c6c4c6c%15c7c7c9c9c%10c%12c%10c%13c%12c%14c2c4c2c%12c%10c9c7c62)C32C%11(Oc3cccc(O)c3C12C)C58. The van der Waals surface area contributed by atoms with Gasteiger partial charge in [0.15, 0.2) is 5.60 Å². The fraction of sp³-hybridized carbons (Fsp3) is 0.114. The third-order valence-electron chi connectivity index (χ3n) is 27.8. The molecule has 3 spiro atoms. The Morgan fingerprint density at radius 1 is 0.370 bits per heavy atom. The van der Waals surface area contributed by atoms with Crippen LogP contribution < -0.4 is 4.74 Å². The number of phenols is 1. The molecule has 0 bridgehead atoms. The van der Waals surface area contributed by atoms with Gasteiger partial charge in [-0.1, -0.05) is 6.07 Å². The molecule has 2 heterocycles. The fourth-order valence-electron chi connectivity index (χ4n) is 28.0. The average Bonchev–Trinajstić information content (AvgIpc) is 4.28. The molecule has 27 aromatic carbocycles. The maximum Gasteiger partial charge on any atom is 0.159 e. The van der Waals surface area contributed by atoms with E-state index in [2.05, 4.69) is 31.0 Å². The molecule has 1 N–H and O–H groups in total. The van der Waals surface area contributed by atoms with Crippen LogP contribution in [0, 0.1) is 0 Å². The van der Waals surface area contributed by atoms with Crippen molar-refractivity contribution in [2.24, 2.45) is 0 Å². The second-order valence-corrected chi connectivity index (χ2v) is 27.6. The number of likely N-dealkylation sites (tertiary alicyclic amines) is 1. The standard InChI is InChI=1S/C70H13NO2/c1-67-61-7(72)4-3-5-8(61)73-69-64-54-49-34-26-19-15-9-10-12-14-13-11(9)16-17(15)27-32(26)42-46-36(27)35-25(16)29-22(13)28-23(14)31-30-21(12)24-18(10)20(19)33(34)38-37(24)44-41(30)50-43(31)48-40(28)47-39(29)45(35)55-56(46)63(59(64)51(42)49)68(6-71(67)2)62(55)57(47)58(48)66(70(67,68)69)60(50)65(69)53(44)52(38)54/h3-5,64,72H,6H2,1-2H3. The van der Waals surface area contributed by atoms with Gasteiger partial charge in [0.05, 0.1) is 27.9 Å². The first-order valence-corrected chi connectivity index (χ1v) is 27.3. The van der Waals surface area contributed by atoms with Crippen LogP contribution in [0.5, 0.6) is 11.5 Å². The molecule has 6 aliphatic carbocycles. The minimum absolute atomic E-state index is 0.00814. The molecule has 0 saturated carbocycles. The van der Waals surface area contributed by atoms with Crippen molar-refractivity contribution in [2.45, 2.75) is 34.8 Å². The Bertz CT molecular complexity index is 7680. The summed E-state index contributed by atoms with van der Waals surface area (Å²) < 4.78 is 8.86. The van der Waals surface area contributed by atoms with Gasteiger partial charge in [0.1, 0.15) is 11.5 Å². The minimum Gasteiger partial charge on any atom is -0.507 e. The van der Waals surface area contributed by atoms with Crippen LogP contribution in [-0.4, -0.2) is 23.6 Å². The minimum atomic E-state index is -0.774. The summed E-state index contributed by atoms with van der Waals surface area (Å²) in [5, 5.41) is 93.9. The monoisotopic (exact) mass is 899 g/mol. The van der Waals surface area contributed by atoms with Crippen LogP contribution in [0.25, 0.3) is 269 Å². The van der Waals surface area contributed by atoms with E-state index in [0.29, 0.717) is 5.75 Å². The fourth-order valence-corrected chi connectivity index (χ4v) is 28.0. The first-order chi connectivity index (χ1) is 36.1. The molecule has 0 aromatic heterocycles. The molecule has 1 saturated heterocycles. The summed E-state index contributed by atoms with van der Waals surface area (Å²) in [4.78, 5) is 2.83. The number of phenolic OH excluding ortho intramolecular Hbond substituents is 1. The van der Waals surface area contributed by atoms with E-state index in [0.717, 1.165) is 17.9 Å². The molecule has 2 aliphatic heterocycles. The molecular weight excluding hydrogens is 887 g/mol. The molecule has 0 radical (unpaired) electrons. The highest BCUT2D eigenvalue weighted by molar-refractivity contribution is 6.80. The van der Waals surface area contributed by atoms with E-state index in [1.54, 1.807) is 303 Å². The predicted octanol–water partition coefficient (Wildman–Crippen LogP) is 16.9. The molecule has 5 unspecified atom stereocenters. The quantitative estimate of drug-likeness (QED) is 0.154. The molecule has 3 heteroatoms. The summed E-state index contributed by atoms with van der Waals surface area (Å²) in [6.07, 6.45) is 0. The molecule has 1 fully saturated rings. The van der Waals surface area contributed by atoms with E-state index in [9.17, 15) is 5.11 Å². The summed E-state index contributed by atoms with van der Waals surface area (Å²) in [5.74, 6) is 1.31. The van der Waals surface area contributed by atoms with Gasteiger partial charge >= 0.3 is 0 Å². The lowest BCUT2D eigenvalue weighted by Gasteiger charge is -2.68. The zero-order valence-electron chi connectivity index (χ0n) is 37.8. The normalized spacial score (nSPS) is 28.3. The molecule has 8 aliphatic rings. The lowest BCUT2D eigenvalue weighted by Crippen LogP contribution is -2.74. The van der Waals surface area contributed by atoms with E-state index in [1.165, 1.54) is 0 Å². The number of aromatic hydroxyl groups is 1. The number of fused-ring (bicyclic) bond motifs is 2. The summed E-state index contributed by atoms with van der Waals surface area (Å²) in [5.41, 5.74) is 8.41. The lowest BCUT2D eigenvalue weighted by atomic mass is 9.37. The van der Waals surface area contributed by atoms with Crippen molar-refractivity contribution in [2.75, 3.05) is 13.6 Å². The first kappa shape index (κ1) is 27.4. The van der Waals surface area contributed by atoms with Gasteiger partial charge < -0.3 is 9.84 Å². The van der Waals surface area contributed by atoms with Gasteiger partial charge in [-0.15, -0.1) is 0 Å². The summed E-state index contributed by atoms with van der Waals surface area (Å²) in [6.45, 7) is 3.54. The summed E-state index contributed by atoms with van der Waals surface area (Å²) in [7, 11) is 2.48. The number of benzene rings is 18. The highest BCUT2D eigenvalue weighted by Gasteiger charge is 2.91. The second kappa shape index (κ2) is 5.99. The van der Waals surface area contributed by atoms with Crippen molar-refractivity contribution >= 4 is 269 Å². The van der Waals surface area contributed by atoms with Gasteiger partial charge in [-0.05, 0) is 323 Å². The van der Waals surface area contributed by atoms with Gasteiger partial charge in [-0.25, -0.2) is 0 Å². The van der Waals surface area contributed by atoms with Gasteiger partial charge in [0, 0.05) is 12.1 Å². The van der Waals surface area contributed by atoms with Gasteiger partial charge in [0.25, 0.3) is 0 Å². The van der Waals surface area contributed by atoms with Crippen LogP contribution >= 0.6 is 0 Å². The number of hydrogen-bond donors (Lipinski definition) is 1. The molecule has 27 aromatic rings. The largest absolute Gasteiger partial charge is 0.507 e. The Morgan fingerprint density at radius 2 is 0.699 bits per heavy atom. The van der Waals surface area contributed by atoms with Crippen LogP contribution in [0.15, 0.2) is 18.2 Å². The molecule has 310 valence electrons. The summed E-state index contributed by atoms with van der Waals surface area (Å²) >= 11 is 0. The Balaban J connectivity index is 1.16. The maximum atomic E-state index is 13.0. The van der Waals surface area contributed by atoms with Crippen LogP contribution in [0.3, 0.4) is 0 Å². The van der Waals surface area contributed by atoms with Crippen LogP contribution in [0.2, 0.25) is 0 Å². The predicted molar refractivity (Wildman–Crippen MR) is 298 cm³/mol. The van der Waals surface area contributed by atoms with E-state index in [4.69, 9.17) is 4.74 Å². The van der Waals surface area contributed by atoms with Crippen LogP contribution in [-0.2, 0) is 22.0 Å². The Kier molecular flexibility index (Phi) is 2.24. The van der Waals surface area contributed by atoms with E-state index in [1.807, 2.05) is 6.07 Å². The van der Waals surface area contributed by atoms with Crippen molar-refractivity contribution in [3.8, 4) is 11.5 Å². The first-order valence-electron chi connectivity index (χ1n) is 27.3.